The zero-order valence-electron chi connectivity index (χ0n) is 6.47. The summed E-state index contributed by atoms with van der Waals surface area (Å²) >= 11 is 3.16. The van der Waals surface area contributed by atoms with Crippen LogP contribution < -0.4 is 11.1 Å². The van der Waals surface area contributed by atoms with Crippen LogP contribution in [-0.4, -0.2) is 10.9 Å². The number of pyridine rings is 1. The van der Waals surface area contributed by atoms with Gasteiger partial charge in [-0.05, 0) is 28.1 Å². The molecule has 1 aromatic heterocycles. The fraction of sp³-hybridized carbons (Fsp3) is 0.143. The fourth-order valence-electron chi connectivity index (χ4n) is 0.745. The van der Waals surface area contributed by atoms with E-state index in [0.717, 1.165) is 0 Å². The number of carbonyl (C=O) groups excluding carboxylic acids is 1. The summed E-state index contributed by atoms with van der Waals surface area (Å²) in [4.78, 5) is 14.6. The number of nitrogens with two attached hydrogens (primary N) is 1. The van der Waals surface area contributed by atoms with Crippen molar-refractivity contribution < 1.29 is 4.79 Å². The minimum Gasteiger partial charge on any atom is -0.382 e. The predicted octanol–water partition coefficient (Wildman–Crippen LogP) is 1.38. The van der Waals surface area contributed by atoms with Crippen molar-refractivity contribution in [2.45, 2.75) is 6.92 Å². The summed E-state index contributed by atoms with van der Waals surface area (Å²) in [5.74, 6) is 0.144. The number of anilines is 2. The van der Waals surface area contributed by atoms with E-state index < -0.39 is 0 Å². The Hall–Kier alpha value is -1.10. The average Bonchev–Trinajstić information content (AvgIpc) is 1.94. The van der Waals surface area contributed by atoms with Gasteiger partial charge in [0.2, 0.25) is 5.91 Å². The minimum atomic E-state index is -0.161. The van der Waals surface area contributed by atoms with E-state index in [0.29, 0.717) is 16.1 Å². The van der Waals surface area contributed by atoms with Crippen LogP contribution in [0.5, 0.6) is 0 Å². The molecule has 0 aliphatic rings. The van der Waals surface area contributed by atoms with Gasteiger partial charge in [-0.25, -0.2) is 4.98 Å². The van der Waals surface area contributed by atoms with Gasteiger partial charge in [-0.15, -0.1) is 0 Å². The van der Waals surface area contributed by atoms with Crippen LogP contribution in [0.15, 0.2) is 16.7 Å². The number of hydrogen-bond acceptors (Lipinski definition) is 3. The highest BCUT2D eigenvalue weighted by atomic mass is 79.9. The molecule has 0 unspecified atom stereocenters. The van der Waals surface area contributed by atoms with E-state index in [1.54, 1.807) is 12.1 Å². The third kappa shape index (κ3) is 2.20. The number of rotatable bonds is 1. The molecule has 0 spiro atoms. The molecule has 1 amide bonds. The second-order valence-electron chi connectivity index (χ2n) is 2.25. The van der Waals surface area contributed by atoms with E-state index in [1.165, 1.54) is 6.92 Å². The molecule has 0 fully saturated rings. The highest BCUT2D eigenvalue weighted by molar-refractivity contribution is 9.10. The van der Waals surface area contributed by atoms with E-state index in [9.17, 15) is 4.79 Å². The van der Waals surface area contributed by atoms with Crippen LogP contribution >= 0.6 is 15.9 Å². The maximum Gasteiger partial charge on any atom is 0.221 e. The Morgan fingerprint density at radius 3 is 2.83 bits per heavy atom. The number of nitrogen functional groups attached to an aromatic ring is 1. The first-order chi connectivity index (χ1) is 5.59. The molecule has 0 aliphatic carbocycles. The third-order valence-electron chi connectivity index (χ3n) is 1.20. The maximum absolute atomic E-state index is 10.6. The van der Waals surface area contributed by atoms with Crippen molar-refractivity contribution in [2.24, 2.45) is 0 Å². The second kappa shape index (κ2) is 3.53. The van der Waals surface area contributed by atoms with Gasteiger partial charge in [0, 0.05) is 6.92 Å². The molecule has 0 saturated carbocycles. The molecule has 0 bridgehead atoms. The van der Waals surface area contributed by atoms with Crippen molar-refractivity contribution in [1.29, 1.82) is 0 Å². The summed E-state index contributed by atoms with van der Waals surface area (Å²) in [5.41, 5.74) is 6.05. The van der Waals surface area contributed by atoms with Crippen LogP contribution in [0.1, 0.15) is 6.92 Å². The molecule has 5 heteroatoms. The smallest absolute Gasteiger partial charge is 0.221 e. The largest absolute Gasteiger partial charge is 0.382 e. The van der Waals surface area contributed by atoms with E-state index in [2.05, 4.69) is 26.2 Å². The lowest BCUT2D eigenvalue weighted by atomic mass is 10.4. The van der Waals surface area contributed by atoms with Crippen molar-refractivity contribution in [3.05, 3.63) is 16.7 Å². The Balaban J connectivity index is 2.93. The van der Waals surface area contributed by atoms with Crippen LogP contribution in [0.25, 0.3) is 0 Å². The summed E-state index contributed by atoms with van der Waals surface area (Å²) in [5, 5.41) is 2.55. The van der Waals surface area contributed by atoms with Crippen molar-refractivity contribution in [1.82, 2.24) is 4.98 Å². The van der Waals surface area contributed by atoms with Gasteiger partial charge in [-0.2, -0.15) is 0 Å². The van der Waals surface area contributed by atoms with Gasteiger partial charge in [-0.1, -0.05) is 0 Å². The van der Waals surface area contributed by atoms with Crippen LogP contribution in [0, 0.1) is 0 Å². The normalized spacial score (nSPS) is 9.50. The number of carbonyl (C=O) groups is 1. The number of nitrogens with zero attached hydrogens (tertiary/aromatic N) is 1. The molecule has 0 aromatic carbocycles. The molecule has 0 saturated heterocycles. The summed E-state index contributed by atoms with van der Waals surface area (Å²) in [6.07, 6.45) is 0. The van der Waals surface area contributed by atoms with Gasteiger partial charge in [0.15, 0.2) is 0 Å². The van der Waals surface area contributed by atoms with Gasteiger partial charge in [0.25, 0.3) is 0 Å². The zero-order chi connectivity index (χ0) is 9.14. The quantitative estimate of drug-likeness (QED) is 0.716. The fourth-order valence-corrected chi connectivity index (χ4v) is 1.07. The summed E-state index contributed by atoms with van der Waals surface area (Å²) in [6, 6.07) is 3.40. The first-order valence-electron chi connectivity index (χ1n) is 3.29. The van der Waals surface area contributed by atoms with Crippen molar-refractivity contribution in [3.8, 4) is 0 Å². The van der Waals surface area contributed by atoms with Gasteiger partial charge in [0.05, 0.1) is 5.69 Å². The number of aromatic nitrogens is 1. The molecule has 12 heavy (non-hydrogen) atoms. The number of halogens is 1. The molecule has 1 rings (SSSR count). The standard InChI is InChI=1S/C7H8BrN3O/c1-4(12)10-5-2-3-6(8)11-7(5)9/h2-3H,1H3,(H2,9,11)(H,10,12). The first kappa shape index (κ1) is 8.99. The van der Waals surface area contributed by atoms with Crippen molar-refractivity contribution in [2.75, 3.05) is 11.1 Å². The maximum atomic E-state index is 10.6. The lowest BCUT2D eigenvalue weighted by Gasteiger charge is -2.04. The number of nitrogens with one attached hydrogen (secondary N) is 1. The lowest BCUT2D eigenvalue weighted by Crippen LogP contribution is -2.08. The molecule has 64 valence electrons. The Bertz CT molecular complexity index is 314. The average molecular weight is 230 g/mol. The van der Waals surface area contributed by atoms with Crippen molar-refractivity contribution >= 4 is 33.3 Å². The summed E-state index contributed by atoms with van der Waals surface area (Å²) in [6.45, 7) is 1.42. The SMILES string of the molecule is CC(=O)Nc1ccc(Br)nc1N. The van der Waals surface area contributed by atoms with E-state index in [1.807, 2.05) is 0 Å². The van der Waals surface area contributed by atoms with Gasteiger partial charge >= 0.3 is 0 Å². The van der Waals surface area contributed by atoms with Crippen LogP contribution in [0.4, 0.5) is 11.5 Å². The third-order valence-corrected chi connectivity index (χ3v) is 1.64. The topological polar surface area (TPSA) is 68.0 Å². The predicted molar refractivity (Wildman–Crippen MR) is 50.7 cm³/mol. The molecule has 0 aliphatic heterocycles. The summed E-state index contributed by atoms with van der Waals surface area (Å²) in [7, 11) is 0. The Labute approximate surface area is 78.3 Å². The first-order valence-corrected chi connectivity index (χ1v) is 4.08. The minimum absolute atomic E-state index is 0.161. The van der Waals surface area contributed by atoms with Gasteiger partial charge in [0.1, 0.15) is 10.4 Å². The number of hydrogen-bond donors (Lipinski definition) is 2. The van der Waals surface area contributed by atoms with E-state index >= 15 is 0 Å². The van der Waals surface area contributed by atoms with Gasteiger partial charge in [-0.3, -0.25) is 4.79 Å². The highest BCUT2D eigenvalue weighted by Crippen LogP contribution is 2.18. The Morgan fingerprint density at radius 2 is 2.33 bits per heavy atom. The van der Waals surface area contributed by atoms with Crippen molar-refractivity contribution in [3.63, 3.8) is 0 Å². The molecule has 0 atom stereocenters. The lowest BCUT2D eigenvalue weighted by molar-refractivity contribution is -0.114. The molecule has 1 heterocycles. The van der Waals surface area contributed by atoms with Crippen LogP contribution in [-0.2, 0) is 4.79 Å². The zero-order valence-corrected chi connectivity index (χ0v) is 8.05. The molecule has 4 nitrogen and oxygen atoms in total. The molecular weight excluding hydrogens is 222 g/mol. The molecule has 0 radical (unpaired) electrons. The molecular formula is C7H8BrN3O. The van der Waals surface area contributed by atoms with Crippen LogP contribution in [0.2, 0.25) is 0 Å². The van der Waals surface area contributed by atoms with Crippen LogP contribution in [0.3, 0.4) is 0 Å². The Morgan fingerprint density at radius 1 is 1.67 bits per heavy atom. The highest BCUT2D eigenvalue weighted by Gasteiger charge is 2.01. The molecule has 3 N–H and O–H groups in total. The number of amides is 1. The van der Waals surface area contributed by atoms with Gasteiger partial charge < -0.3 is 11.1 Å². The monoisotopic (exact) mass is 229 g/mol. The van der Waals surface area contributed by atoms with E-state index in [-0.39, 0.29) is 5.91 Å². The Kier molecular flexibility index (Phi) is 2.65. The molecule has 1 aromatic rings. The second-order valence-corrected chi connectivity index (χ2v) is 3.06. The van der Waals surface area contributed by atoms with E-state index in [4.69, 9.17) is 5.73 Å². The summed E-state index contributed by atoms with van der Waals surface area (Å²) < 4.78 is 0.647.